The number of rotatable bonds is 8. The first-order valence-electron chi connectivity index (χ1n) is 10.2. The maximum absolute atomic E-state index is 12.1. The van der Waals surface area contributed by atoms with Crippen molar-refractivity contribution in [2.75, 3.05) is 18.4 Å². The van der Waals surface area contributed by atoms with E-state index < -0.39 is 0 Å². The van der Waals surface area contributed by atoms with Gasteiger partial charge in [-0.15, -0.1) is 0 Å². The summed E-state index contributed by atoms with van der Waals surface area (Å²) in [6.07, 6.45) is 3.43. The zero-order valence-corrected chi connectivity index (χ0v) is 18.1. The van der Waals surface area contributed by atoms with Gasteiger partial charge in [0.25, 0.3) is 0 Å². The predicted octanol–water partition coefficient (Wildman–Crippen LogP) is 4.60. The quantitative estimate of drug-likeness (QED) is 0.345. The van der Waals surface area contributed by atoms with Gasteiger partial charge in [0, 0.05) is 41.9 Å². The van der Waals surface area contributed by atoms with E-state index in [2.05, 4.69) is 27.6 Å². The van der Waals surface area contributed by atoms with Gasteiger partial charge < -0.3 is 16.0 Å². The zero-order valence-electron chi connectivity index (χ0n) is 17.4. The highest BCUT2D eigenvalue weighted by atomic mass is 35.5. The predicted molar refractivity (Wildman–Crippen MR) is 129 cm³/mol. The van der Waals surface area contributed by atoms with Crippen LogP contribution in [0.25, 0.3) is 23.0 Å². The van der Waals surface area contributed by atoms with Crippen molar-refractivity contribution in [3.63, 3.8) is 0 Å². The third kappa shape index (κ3) is 4.90. The number of nitrogens with one attached hydrogen (secondary N) is 3. The summed E-state index contributed by atoms with van der Waals surface area (Å²) in [5, 5.41) is 14.0. The molecule has 8 heteroatoms. The minimum atomic E-state index is -0.222. The smallest absolute Gasteiger partial charge is 0.315 e. The van der Waals surface area contributed by atoms with Gasteiger partial charge in [0.05, 0.1) is 11.9 Å². The zero-order chi connectivity index (χ0) is 22.3. The molecule has 3 N–H and O–H groups in total. The molecule has 162 valence electrons. The van der Waals surface area contributed by atoms with Crippen molar-refractivity contribution in [3.8, 4) is 11.3 Å². The molecule has 0 unspecified atom stereocenters. The Morgan fingerprint density at radius 2 is 1.84 bits per heavy atom. The Bertz CT molecular complexity index is 1240. The second kappa shape index (κ2) is 9.98. The van der Waals surface area contributed by atoms with E-state index >= 15 is 0 Å². The molecule has 0 aliphatic heterocycles. The average Bonchev–Trinajstić information content (AvgIpc) is 3.24. The van der Waals surface area contributed by atoms with Crippen LogP contribution in [0, 0.1) is 0 Å². The Balaban J connectivity index is 1.43. The molecule has 4 rings (SSSR count). The lowest BCUT2D eigenvalue weighted by Crippen LogP contribution is -2.37. The first-order valence-corrected chi connectivity index (χ1v) is 10.6. The molecular weight excluding hydrogens is 424 g/mol. The number of carbonyl (C=O) groups is 1. The molecule has 0 atom stereocenters. The Labute approximate surface area is 191 Å². The maximum Gasteiger partial charge on any atom is 0.315 e. The molecular formula is C24H23ClN6O. The van der Waals surface area contributed by atoms with Crippen molar-refractivity contribution >= 4 is 35.2 Å². The molecule has 32 heavy (non-hydrogen) atoms. The fraction of sp³-hybridized carbons (Fsp3) is 0.125. The van der Waals surface area contributed by atoms with Crippen molar-refractivity contribution in [2.24, 2.45) is 0 Å². The largest absolute Gasteiger partial charge is 0.368 e. The summed E-state index contributed by atoms with van der Waals surface area (Å²) in [4.78, 5) is 16.8. The molecule has 0 saturated heterocycles. The second-order valence-corrected chi connectivity index (χ2v) is 7.47. The van der Waals surface area contributed by atoms with Crippen molar-refractivity contribution < 1.29 is 4.79 Å². The van der Waals surface area contributed by atoms with E-state index in [9.17, 15) is 4.79 Å². The molecule has 0 spiro atoms. The second-order valence-electron chi connectivity index (χ2n) is 7.07. The van der Waals surface area contributed by atoms with Crippen LogP contribution in [0.5, 0.6) is 0 Å². The summed E-state index contributed by atoms with van der Waals surface area (Å²) < 4.78 is 1.72. The van der Waals surface area contributed by atoms with E-state index in [4.69, 9.17) is 16.6 Å². The summed E-state index contributed by atoms with van der Waals surface area (Å²) in [7, 11) is 0. The molecule has 0 saturated carbocycles. The van der Waals surface area contributed by atoms with Crippen molar-refractivity contribution in [2.45, 2.75) is 6.54 Å². The summed E-state index contributed by atoms with van der Waals surface area (Å²) in [5.74, 6) is 0.740. The van der Waals surface area contributed by atoms with Crippen molar-refractivity contribution in [1.29, 1.82) is 0 Å². The van der Waals surface area contributed by atoms with Gasteiger partial charge in [-0.25, -0.2) is 9.78 Å². The highest BCUT2D eigenvalue weighted by molar-refractivity contribution is 6.33. The maximum atomic E-state index is 12.1. The Hall–Kier alpha value is -3.84. The number of carbonyl (C=O) groups excluding carboxylic acids is 1. The number of hydrogen-bond donors (Lipinski definition) is 3. The van der Waals surface area contributed by atoms with Crippen LogP contribution in [0.1, 0.15) is 11.1 Å². The molecule has 2 aromatic heterocycles. The molecule has 2 heterocycles. The fourth-order valence-electron chi connectivity index (χ4n) is 3.26. The minimum absolute atomic E-state index is 0.222. The molecule has 2 amide bonds. The van der Waals surface area contributed by atoms with Crippen molar-refractivity contribution in [1.82, 2.24) is 25.2 Å². The Morgan fingerprint density at radius 1 is 1.06 bits per heavy atom. The van der Waals surface area contributed by atoms with Crippen LogP contribution in [-0.2, 0) is 6.54 Å². The molecule has 4 aromatic rings. The molecule has 0 fully saturated rings. The van der Waals surface area contributed by atoms with Gasteiger partial charge in [-0.05, 0) is 11.6 Å². The number of urea groups is 1. The number of nitrogens with zero attached hydrogens (tertiary/aromatic N) is 3. The monoisotopic (exact) mass is 446 g/mol. The number of aromatic nitrogens is 3. The van der Waals surface area contributed by atoms with E-state index in [0.29, 0.717) is 30.3 Å². The number of amides is 2. The Morgan fingerprint density at radius 3 is 2.62 bits per heavy atom. The molecule has 7 nitrogen and oxygen atoms in total. The Kier molecular flexibility index (Phi) is 6.67. The van der Waals surface area contributed by atoms with Crippen LogP contribution in [0.4, 0.5) is 10.6 Å². The first-order chi connectivity index (χ1) is 15.7. The number of hydrogen-bond acceptors (Lipinski definition) is 4. The third-order valence-corrected chi connectivity index (χ3v) is 5.21. The average molecular weight is 447 g/mol. The van der Waals surface area contributed by atoms with Gasteiger partial charge in [-0.3, -0.25) is 0 Å². The van der Waals surface area contributed by atoms with Crippen LogP contribution < -0.4 is 16.0 Å². The number of anilines is 1. The normalized spacial score (nSPS) is 10.7. The van der Waals surface area contributed by atoms with Gasteiger partial charge >= 0.3 is 6.03 Å². The highest BCUT2D eigenvalue weighted by Crippen LogP contribution is 2.29. The van der Waals surface area contributed by atoms with Gasteiger partial charge in [-0.1, -0.05) is 72.8 Å². The minimum Gasteiger partial charge on any atom is -0.368 e. The van der Waals surface area contributed by atoms with Gasteiger partial charge in [0.15, 0.2) is 5.65 Å². The highest BCUT2D eigenvalue weighted by Gasteiger charge is 2.13. The lowest BCUT2D eigenvalue weighted by Gasteiger charge is -2.12. The van der Waals surface area contributed by atoms with Gasteiger partial charge in [0.1, 0.15) is 5.82 Å². The molecule has 0 aliphatic carbocycles. The number of fused-ring (bicyclic) bond motifs is 1. The first kappa shape index (κ1) is 21.4. The van der Waals surface area contributed by atoms with Crippen LogP contribution in [-0.4, -0.2) is 33.7 Å². The summed E-state index contributed by atoms with van der Waals surface area (Å²) in [5.41, 5.74) is 4.09. The van der Waals surface area contributed by atoms with E-state index in [1.54, 1.807) is 16.8 Å². The van der Waals surface area contributed by atoms with E-state index in [1.807, 2.05) is 60.7 Å². The summed E-state index contributed by atoms with van der Waals surface area (Å²) in [6, 6.07) is 19.0. The SMILES string of the molecule is C=Cc1cnn2c(NCCNC(=O)NCc3ccccc3)cc(-c3ccccc3Cl)nc12. The third-order valence-electron chi connectivity index (χ3n) is 4.88. The molecule has 0 bridgehead atoms. The molecule has 0 radical (unpaired) electrons. The number of benzene rings is 2. The number of halogens is 1. The molecule has 0 aliphatic rings. The van der Waals surface area contributed by atoms with Gasteiger partial charge in [-0.2, -0.15) is 9.61 Å². The van der Waals surface area contributed by atoms with Gasteiger partial charge in [0.2, 0.25) is 0 Å². The summed E-state index contributed by atoms with van der Waals surface area (Å²) >= 11 is 6.39. The lowest BCUT2D eigenvalue weighted by atomic mass is 10.1. The lowest BCUT2D eigenvalue weighted by molar-refractivity contribution is 0.241. The fourth-order valence-corrected chi connectivity index (χ4v) is 3.50. The standard InChI is InChI=1S/C24H23ClN6O/c1-2-18-16-29-31-22(14-21(30-23(18)31)19-10-6-7-11-20(19)25)26-12-13-27-24(32)28-15-17-8-4-3-5-9-17/h2-11,14,16,26H,1,12-13,15H2,(H2,27,28,32). The summed E-state index contributed by atoms with van der Waals surface area (Å²) in [6.45, 7) is 5.25. The van der Waals surface area contributed by atoms with Crippen molar-refractivity contribution in [3.05, 3.63) is 89.6 Å². The van der Waals surface area contributed by atoms with Crippen LogP contribution >= 0.6 is 11.6 Å². The van der Waals surface area contributed by atoms with Crippen LogP contribution in [0.3, 0.4) is 0 Å². The molecule has 2 aromatic carbocycles. The van der Waals surface area contributed by atoms with Crippen LogP contribution in [0.2, 0.25) is 5.02 Å². The topological polar surface area (TPSA) is 83.3 Å². The van der Waals surface area contributed by atoms with E-state index in [0.717, 1.165) is 28.2 Å². The van der Waals surface area contributed by atoms with E-state index in [1.165, 1.54) is 0 Å². The van der Waals surface area contributed by atoms with Crippen LogP contribution in [0.15, 0.2) is 73.4 Å². The van der Waals surface area contributed by atoms with E-state index in [-0.39, 0.29) is 6.03 Å².